The van der Waals surface area contributed by atoms with Gasteiger partial charge in [0.25, 0.3) is 5.91 Å². The van der Waals surface area contributed by atoms with E-state index in [0.717, 1.165) is 17.5 Å². The summed E-state index contributed by atoms with van der Waals surface area (Å²) in [5, 5.41) is 3.56. The highest BCUT2D eigenvalue weighted by molar-refractivity contribution is 6.30. The number of carbonyl (C=O) groups is 2. The molecule has 0 aliphatic carbocycles. The summed E-state index contributed by atoms with van der Waals surface area (Å²) < 4.78 is 5.82. The predicted octanol–water partition coefficient (Wildman–Crippen LogP) is 5.45. The highest BCUT2D eigenvalue weighted by Gasteiger charge is 2.31. The van der Waals surface area contributed by atoms with Crippen LogP contribution in [0, 0.1) is 0 Å². The first-order valence-electron chi connectivity index (χ1n) is 12.0. The maximum Gasteiger partial charge on any atom is 0.261 e. The third-order valence-corrected chi connectivity index (χ3v) is 5.87. The topological polar surface area (TPSA) is 58.6 Å². The van der Waals surface area contributed by atoms with E-state index in [4.69, 9.17) is 16.3 Å². The minimum absolute atomic E-state index is 0.0581. The predicted molar refractivity (Wildman–Crippen MR) is 141 cm³/mol. The molecule has 35 heavy (non-hydrogen) atoms. The fourth-order valence-corrected chi connectivity index (χ4v) is 4.03. The van der Waals surface area contributed by atoms with Crippen LogP contribution in [0.25, 0.3) is 0 Å². The molecule has 184 valence electrons. The minimum Gasteiger partial charge on any atom is -0.484 e. The van der Waals surface area contributed by atoms with Crippen LogP contribution in [0.5, 0.6) is 5.75 Å². The Balaban J connectivity index is 1.88. The molecule has 0 aliphatic rings. The monoisotopic (exact) mass is 492 g/mol. The van der Waals surface area contributed by atoms with Crippen molar-refractivity contribution >= 4 is 23.4 Å². The fourth-order valence-electron chi connectivity index (χ4n) is 3.82. The van der Waals surface area contributed by atoms with E-state index in [-0.39, 0.29) is 31.0 Å². The van der Waals surface area contributed by atoms with Gasteiger partial charge in [-0.05, 0) is 61.2 Å². The average molecular weight is 493 g/mol. The zero-order valence-corrected chi connectivity index (χ0v) is 21.3. The van der Waals surface area contributed by atoms with Crippen LogP contribution in [0.3, 0.4) is 0 Å². The second-order valence-corrected chi connectivity index (χ2v) is 9.24. The van der Waals surface area contributed by atoms with Gasteiger partial charge in [-0.3, -0.25) is 9.59 Å². The van der Waals surface area contributed by atoms with Crippen LogP contribution in [0.1, 0.15) is 37.5 Å². The zero-order chi connectivity index (χ0) is 25.2. The van der Waals surface area contributed by atoms with Crippen LogP contribution < -0.4 is 10.1 Å². The quantitative estimate of drug-likeness (QED) is 0.387. The lowest BCUT2D eigenvalue weighted by molar-refractivity contribution is -0.143. The summed E-state index contributed by atoms with van der Waals surface area (Å²) in [6, 6.07) is 24.0. The molecule has 1 atom stereocenters. The van der Waals surface area contributed by atoms with Gasteiger partial charge >= 0.3 is 0 Å². The molecule has 0 saturated heterocycles. The zero-order valence-electron chi connectivity index (χ0n) is 20.5. The first-order valence-corrected chi connectivity index (χ1v) is 12.3. The summed E-state index contributed by atoms with van der Waals surface area (Å²) in [7, 11) is 0. The lowest BCUT2D eigenvalue weighted by Crippen LogP contribution is -2.52. The number of amides is 2. The van der Waals surface area contributed by atoms with Gasteiger partial charge in [-0.15, -0.1) is 0 Å². The summed E-state index contributed by atoms with van der Waals surface area (Å²) in [5.41, 5.74) is 3.00. The Kier molecular flexibility index (Phi) is 9.74. The van der Waals surface area contributed by atoms with E-state index in [9.17, 15) is 9.59 Å². The Labute approximate surface area is 213 Å². The van der Waals surface area contributed by atoms with Gasteiger partial charge in [0.15, 0.2) is 6.61 Å². The highest BCUT2D eigenvalue weighted by atomic mass is 35.5. The molecule has 0 spiro atoms. The van der Waals surface area contributed by atoms with Crippen molar-refractivity contribution < 1.29 is 14.3 Å². The van der Waals surface area contributed by atoms with Crippen molar-refractivity contribution in [1.29, 1.82) is 0 Å². The molecule has 3 aromatic rings. The average Bonchev–Trinajstić information content (AvgIpc) is 2.85. The maximum atomic E-state index is 13.5. The Hall–Kier alpha value is -3.31. The molecule has 0 aliphatic heterocycles. The van der Waals surface area contributed by atoms with Gasteiger partial charge in [0, 0.05) is 24.0 Å². The normalized spacial score (nSPS) is 11.7. The van der Waals surface area contributed by atoms with Gasteiger partial charge in [-0.25, -0.2) is 0 Å². The lowest BCUT2D eigenvalue weighted by atomic mass is 10.0. The second kappa shape index (κ2) is 13.0. The van der Waals surface area contributed by atoms with Crippen LogP contribution in [-0.4, -0.2) is 35.4 Å². The van der Waals surface area contributed by atoms with E-state index in [0.29, 0.717) is 17.2 Å². The van der Waals surface area contributed by atoms with Crippen molar-refractivity contribution in [3.05, 3.63) is 101 Å². The molecule has 0 saturated carbocycles. The Bertz CT molecular complexity index is 1100. The third kappa shape index (κ3) is 8.15. The molecule has 3 rings (SSSR count). The van der Waals surface area contributed by atoms with Crippen molar-refractivity contribution in [2.45, 2.75) is 52.2 Å². The number of ether oxygens (including phenoxy) is 1. The number of hydrogen-bond donors (Lipinski definition) is 1. The van der Waals surface area contributed by atoms with Crippen LogP contribution in [0.15, 0.2) is 78.9 Å². The molecular weight excluding hydrogens is 460 g/mol. The Morgan fingerprint density at radius 1 is 0.914 bits per heavy atom. The van der Waals surface area contributed by atoms with E-state index in [2.05, 4.69) is 12.2 Å². The first kappa shape index (κ1) is 26.3. The number of aryl methyl sites for hydroxylation is 1. The maximum absolute atomic E-state index is 13.5. The third-order valence-electron chi connectivity index (χ3n) is 5.64. The van der Waals surface area contributed by atoms with Gasteiger partial charge in [0.2, 0.25) is 5.91 Å². The molecule has 0 bridgehead atoms. The summed E-state index contributed by atoms with van der Waals surface area (Å²) in [5.74, 6) is 0.139. The van der Waals surface area contributed by atoms with Crippen LogP contribution >= 0.6 is 11.6 Å². The molecular formula is C29H33ClN2O3. The molecule has 3 aromatic carbocycles. The summed E-state index contributed by atoms with van der Waals surface area (Å²) in [6.45, 7) is 5.96. The minimum atomic E-state index is -0.711. The second-order valence-electron chi connectivity index (χ2n) is 8.81. The summed E-state index contributed by atoms with van der Waals surface area (Å²) in [6.07, 6.45) is 1.32. The number of hydrogen-bond acceptors (Lipinski definition) is 3. The number of nitrogens with zero attached hydrogens (tertiary/aromatic N) is 1. The molecule has 1 N–H and O–H groups in total. The van der Waals surface area contributed by atoms with E-state index >= 15 is 0 Å². The largest absolute Gasteiger partial charge is 0.484 e. The van der Waals surface area contributed by atoms with Gasteiger partial charge in [0.05, 0.1) is 0 Å². The number of benzene rings is 3. The molecule has 0 unspecified atom stereocenters. The number of nitrogens with one attached hydrogen (secondary N) is 1. The highest BCUT2D eigenvalue weighted by Crippen LogP contribution is 2.19. The molecule has 5 nitrogen and oxygen atoms in total. The van der Waals surface area contributed by atoms with Crippen molar-refractivity contribution in [2.75, 3.05) is 6.61 Å². The summed E-state index contributed by atoms with van der Waals surface area (Å²) in [4.78, 5) is 28.5. The number of halogens is 1. The number of rotatable bonds is 11. The van der Waals surface area contributed by atoms with E-state index in [1.807, 2.05) is 86.6 Å². The molecule has 2 amide bonds. The fraction of sp³-hybridized carbons (Fsp3) is 0.310. The standard InChI is InChI=1S/C29H33ClN2O3/c1-4-22-13-15-26(16-14-22)35-20-28(33)32(19-24-11-8-12-25(30)17-24)27(29(34)31-21(2)3)18-23-9-6-5-7-10-23/h5-17,21,27H,4,18-20H2,1-3H3,(H,31,34)/t27-/m1/s1. The lowest BCUT2D eigenvalue weighted by Gasteiger charge is -2.32. The Morgan fingerprint density at radius 3 is 2.23 bits per heavy atom. The van der Waals surface area contributed by atoms with Gasteiger partial charge in [-0.2, -0.15) is 0 Å². The molecule has 0 heterocycles. The first-order chi connectivity index (χ1) is 16.9. The van der Waals surface area contributed by atoms with Gasteiger partial charge < -0.3 is 15.0 Å². The van der Waals surface area contributed by atoms with E-state index < -0.39 is 6.04 Å². The van der Waals surface area contributed by atoms with Crippen LogP contribution in [0.2, 0.25) is 5.02 Å². The van der Waals surface area contributed by atoms with E-state index in [1.54, 1.807) is 11.0 Å². The van der Waals surface area contributed by atoms with Crippen LogP contribution in [-0.2, 0) is 29.0 Å². The van der Waals surface area contributed by atoms with E-state index in [1.165, 1.54) is 5.56 Å². The molecule has 0 fully saturated rings. The van der Waals surface area contributed by atoms with Crippen molar-refractivity contribution in [3.8, 4) is 5.75 Å². The number of carbonyl (C=O) groups excluding carboxylic acids is 2. The van der Waals surface area contributed by atoms with Gasteiger partial charge in [-0.1, -0.05) is 73.1 Å². The van der Waals surface area contributed by atoms with Crippen LogP contribution in [0.4, 0.5) is 0 Å². The smallest absolute Gasteiger partial charge is 0.261 e. The summed E-state index contributed by atoms with van der Waals surface area (Å²) >= 11 is 6.21. The molecule has 6 heteroatoms. The van der Waals surface area contributed by atoms with Crippen molar-refractivity contribution in [3.63, 3.8) is 0 Å². The van der Waals surface area contributed by atoms with Gasteiger partial charge in [0.1, 0.15) is 11.8 Å². The van der Waals surface area contributed by atoms with Crippen molar-refractivity contribution in [2.24, 2.45) is 0 Å². The molecule has 0 radical (unpaired) electrons. The molecule has 0 aromatic heterocycles. The van der Waals surface area contributed by atoms with Crippen molar-refractivity contribution in [1.82, 2.24) is 10.2 Å². The SMILES string of the molecule is CCc1ccc(OCC(=O)N(Cc2cccc(Cl)c2)[C@H](Cc2ccccc2)C(=O)NC(C)C)cc1. The Morgan fingerprint density at radius 2 is 1.60 bits per heavy atom.